The molecule has 7 nitrogen and oxygen atoms in total. The minimum Gasteiger partial charge on any atom is -0.480 e. The van der Waals surface area contributed by atoms with Gasteiger partial charge >= 0.3 is 5.97 Å². The molecule has 8 heteroatoms. The van der Waals surface area contributed by atoms with Crippen molar-refractivity contribution < 1.29 is 19.5 Å². The Kier molecular flexibility index (Phi) is 6.61. The standard InChI is InChI=1S/C14H20BrN3O4/c1-4-17-8-11(15)7-12(17)13(20)18(9(2)14(21)22)6-5-16-10(3)19/h7-9H,4-6H2,1-3H3,(H,16,19)(H,21,22). The Bertz CT molecular complexity index is 570. The summed E-state index contributed by atoms with van der Waals surface area (Å²) in [5.41, 5.74) is 0.408. The van der Waals surface area contributed by atoms with Crippen molar-refractivity contribution in [3.05, 3.63) is 22.4 Å². The van der Waals surface area contributed by atoms with E-state index in [-0.39, 0.29) is 24.9 Å². The maximum Gasteiger partial charge on any atom is 0.326 e. The lowest BCUT2D eigenvalue weighted by atomic mass is 10.2. The molecule has 0 bridgehead atoms. The normalized spacial score (nSPS) is 11.8. The van der Waals surface area contributed by atoms with Crippen LogP contribution >= 0.6 is 15.9 Å². The average Bonchev–Trinajstić information content (AvgIpc) is 2.83. The highest BCUT2D eigenvalue weighted by molar-refractivity contribution is 9.10. The molecule has 1 rings (SSSR count). The fraction of sp³-hybridized carbons (Fsp3) is 0.500. The van der Waals surface area contributed by atoms with Gasteiger partial charge in [-0.15, -0.1) is 0 Å². The number of hydrogen-bond donors (Lipinski definition) is 2. The van der Waals surface area contributed by atoms with E-state index in [9.17, 15) is 19.5 Å². The monoisotopic (exact) mass is 373 g/mol. The first kappa shape index (κ1) is 18.2. The van der Waals surface area contributed by atoms with Crippen LogP contribution in [0.4, 0.5) is 0 Å². The number of nitrogens with one attached hydrogen (secondary N) is 1. The van der Waals surface area contributed by atoms with Gasteiger partial charge in [-0.1, -0.05) is 0 Å². The summed E-state index contributed by atoms with van der Waals surface area (Å²) in [7, 11) is 0. The van der Waals surface area contributed by atoms with Gasteiger partial charge in [-0.25, -0.2) is 4.79 Å². The van der Waals surface area contributed by atoms with E-state index in [0.29, 0.717) is 12.2 Å². The van der Waals surface area contributed by atoms with E-state index in [1.807, 2.05) is 6.92 Å². The van der Waals surface area contributed by atoms with Crippen LogP contribution in [-0.2, 0) is 16.1 Å². The van der Waals surface area contributed by atoms with Gasteiger partial charge in [-0.2, -0.15) is 0 Å². The van der Waals surface area contributed by atoms with Gasteiger partial charge in [0, 0.05) is 37.2 Å². The van der Waals surface area contributed by atoms with Crippen molar-refractivity contribution in [2.24, 2.45) is 0 Å². The van der Waals surface area contributed by atoms with E-state index in [1.165, 1.54) is 18.7 Å². The van der Waals surface area contributed by atoms with Crippen LogP contribution in [0.15, 0.2) is 16.7 Å². The zero-order valence-electron chi connectivity index (χ0n) is 12.8. The van der Waals surface area contributed by atoms with E-state index in [1.54, 1.807) is 16.8 Å². The van der Waals surface area contributed by atoms with E-state index >= 15 is 0 Å². The van der Waals surface area contributed by atoms with E-state index < -0.39 is 12.0 Å². The summed E-state index contributed by atoms with van der Waals surface area (Å²) in [6, 6.07) is 0.673. The summed E-state index contributed by atoms with van der Waals surface area (Å²) in [5, 5.41) is 11.8. The molecule has 0 aliphatic rings. The molecule has 0 aromatic carbocycles. The van der Waals surface area contributed by atoms with Crippen molar-refractivity contribution >= 4 is 33.7 Å². The maximum absolute atomic E-state index is 12.7. The summed E-state index contributed by atoms with van der Waals surface area (Å²) in [5.74, 6) is -1.70. The van der Waals surface area contributed by atoms with Crippen LogP contribution in [0.5, 0.6) is 0 Å². The molecular weight excluding hydrogens is 354 g/mol. The second kappa shape index (κ2) is 7.98. The number of aromatic nitrogens is 1. The zero-order chi connectivity index (χ0) is 16.9. The van der Waals surface area contributed by atoms with Crippen molar-refractivity contribution in [2.45, 2.75) is 33.4 Å². The fourth-order valence-electron chi connectivity index (χ4n) is 2.02. The smallest absolute Gasteiger partial charge is 0.326 e. The van der Waals surface area contributed by atoms with Gasteiger partial charge in [-0.05, 0) is 35.8 Å². The van der Waals surface area contributed by atoms with Gasteiger partial charge in [0.05, 0.1) is 0 Å². The largest absolute Gasteiger partial charge is 0.480 e. The highest BCUT2D eigenvalue weighted by Crippen LogP contribution is 2.18. The predicted molar refractivity (Wildman–Crippen MR) is 84.6 cm³/mol. The van der Waals surface area contributed by atoms with Gasteiger partial charge < -0.3 is 19.9 Å². The highest BCUT2D eigenvalue weighted by Gasteiger charge is 2.28. The van der Waals surface area contributed by atoms with Crippen LogP contribution in [0.25, 0.3) is 0 Å². The van der Waals surface area contributed by atoms with Crippen LogP contribution < -0.4 is 5.32 Å². The first-order chi connectivity index (χ1) is 10.3. The van der Waals surface area contributed by atoms with Crippen molar-refractivity contribution in [3.63, 3.8) is 0 Å². The van der Waals surface area contributed by atoms with Crippen LogP contribution in [0.1, 0.15) is 31.3 Å². The van der Waals surface area contributed by atoms with Crippen LogP contribution in [0.3, 0.4) is 0 Å². The second-order valence-corrected chi connectivity index (χ2v) is 5.74. The average molecular weight is 374 g/mol. The molecule has 1 atom stereocenters. The third kappa shape index (κ3) is 4.59. The van der Waals surface area contributed by atoms with Crippen molar-refractivity contribution in [1.82, 2.24) is 14.8 Å². The van der Waals surface area contributed by atoms with Gasteiger partial charge in [0.25, 0.3) is 5.91 Å². The number of rotatable bonds is 7. The molecule has 1 aromatic heterocycles. The molecule has 0 spiro atoms. The molecule has 0 radical (unpaired) electrons. The lowest BCUT2D eigenvalue weighted by Gasteiger charge is -2.27. The topological polar surface area (TPSA) is 91.6 Å². The second-order valence-electron chi connectivity index (χ2n) is 4.83. The number of carbonyl (C=O) groups excluding carboxylic acids is 2. The summed E-state index contributed by atoms with van der Waals surface area (Å²) < 4.78 is 2.49. The fourth-order valence-corrected chi connectivity index (χ4v) is 2.48. The number of halogens is 1. The molecule has 22 heavy (non-hydrogen) atoms. The molecular formula is C14H20BrN3O4. The molecule has 0 saturated heterocycles. The van der Waals surface area contributed by atoms with Crippen LogP contribution in [0.2, 0.25) is 0 Å². The van der Waals surface area contributed by atoms with Crippen molar-refractivity contribution in [2.75, 3.05) is 13.1 Å². The molecule has 1 heterocycles. The molecule has 0 aliphatic heterocycles. The minimum atomic E-state index is -1.09. The Morgan fingerprint density at radius 3 is 2.59 bits per heavy atom. The molecule has 1 aromatic rings. The Hall–Kier alpha value is -1.83. The summed E-state index contributed by atoms with van der Waals surface area (Å²) in [6.07, 6.45) is 1.77. The summed E-state index contributed by atoms with van der Waals surface area (Å²) in [6.45, 7) is 5.62. The number of carboxylic acid groups (broad SMARTS) is 1. The minimum absolute atomic E-state index is 0.123. The first-order valence-electron chi connectivity index (χ1n) is 6.91. The van der Waals surface area contributed by atoms with Crippen LogP contribution in [0, 0.1) is 0 Å². The molecule has 0 saturated carbocycles. The Balaban J connectivity index is 3.00. The zero-order valence-corrected chi connectivity index (χ0v) is 14.4. The molecule has 0 aliphatic carbocycles. The summed E-state index contributed by atoms with van der Waals surface area (Å²) in [4.78, 5) is 36.1. The molecule has 122 valence electrons. The lowest BCUT2D eigenvalue weighted by Crippen LogP contribution is -2.47. The number of nitrogens with zero attached hydrogens (tertiary/aromatic N) is 2. The van der Waals surface area contributed by atoms with E-state index in [4.69, 9.17) is 0 Å². The predicted octanol–water partition coefficient (Wildman–Crippen LogP) is 1.32. The van der Waals surface area contributed by atoms with Gasteiger partial charge in [0.15, 0.2) is 0 Å². The molecule has 1 unspecified atom stereocenters. The van der Waals surface area contributed by atoms with Gasteiger partial charge in [0.2, 0.25) is 5.91 Å². The number of hydrogen-bond acceptors (Lipinski definition) is 3. The summed E-state index contributed by atoms with van der Waals surface area (Å²) >= 11 is 3.31. The van der Waals surface area contributed by atoms with E-state index in [0.717, 1.165) is 4.47 Å². The molecule has 2 amide bonds. The Morgan fingerprint density at radius 1 is 1.45 bits per heavy atom. The van der Waals surface area contributed by atoms with Gasteiger partial charge in [-0.3, -0.25) is 9.59 Å². The van der Waals surface area contributed by atoms with Gasteiger partial charge in [0.1, 0.15) is 11.7 Å². The Labute approximate surface area is 137 Å². The Morgan fingerprint density at radius 2 is 2.09 bits per heavy atom. The number of amides is 2. The maximum atomic E-state index is 12.7. The van der Waals surface area contributed by atoms with Crippen molar-refractivity contribution in [1.29, 1.82) is 0 Å². The SMILES string of the molecule is CCn1cc(Br)cc1C(=O)N(CCNC(C)=O)C(C)C(=O)O. The van der Waals surface area contributed by atoms with Crippen LogP contribution in [-0.4, -0.2) is 51.5 Å². The van der Waals surface area contributed by atoms with Crippen molar-refractivity contribution in [3.8, 4) is 0 Å². The third-order valence-electron chi connectivity index (χ3n) is 3.24. The van der Waals surface area contributed by atoms with E-state index in [2.05, 4.69) is 21.2 Å². The molecule has 0 fully saturated rings. The quantitative estimate of drug-likeness (QED) is 0.753. The number of carbonyl (C=O) groups is 3. The third-order valence-corrected chi connectivity index (χ3v) is 3.67. The highest BCUT2D eigenvalue weighted by atomic mass is 79.9. The number of aryl methyl sites for hydroxylation is 1. The lowest BCUT2D eigenvalue weighted by molar-refractivity contribution is -0.141. The number of carboxylic acids is 1. The molecule has 2 N–H and O–H groups in total. The number of aliphatic carboxylic acids is 1. The first-order valence-corrected chi connectivity index (χ1v) is 7.71.